The van der Waals surface area contributed by atoms with Crippen molar-refractivity contribution in [3.8, 4) is 0 Å². The van der Waals surface area contributed by atoms with Gasteiger partial charge >= 0.3 is 0 Å². The zero-order valence-electron chi connectivity index (χ0n) is 10.4. The lowest BCUT2D eigenvalue weighted by molar-refractivity contribution is -0.123. The normalized spacial score (nSPS) is 11.3. The largest absolute Gasteiger partial charge is 0.396 e. The van der Waals surface area contributed by atoms with Crippen molar-refractivity contribution >= 4 is 11.6 Å². The quantitative estimate of drug-likeness (QED) is 0.717. The summed E-state index contributed by atoms with van der Waals surface area (Å²) in [6.07, 6.45) is 0.627. The molecule has 0 saturated heterocycles. The monoisotopic (exact) mass is 236 g/mol. The van der Waals surface area contributed by atoms with Gasteiger partial charge in [0, 0.05) is 18.8 Å². The first-order chi connectivity index (χ1) is 7.99. The van der Waals surface area contributed by atoms with Crippen molar-refractivity contribution in [2.45, 2.75) is 20.3 Å². The van der Waals surface area contributed by atoms with Crippen molar-refractivity contribution in [2.75, 3.05) is 18.5 Å². The summed E-state index contributed by atoms with van der Waals surface area (Å²) in [5, 5.41) is 11.6. The van der Waals surface area contributed by atoms with Crippen LogP contribution in [0.4, 0.5) is 5.69 Å². The van der Waals surface area contributed by atoms with Gasteiger partial charge in [0.15, 0.2) is 0 Å². The Bertz CT molecular complexity index is 372. The molecule has 1 amide bonds. The maximum atomic E-state index is 11.8. The number of carbonyl (C=O) groups excluding carboxylic acids is 1. The van der Waals surface area contributed by atoms with Crippen molar-refractivity contribution in [2.24, 2.45) is 11.1 Å². The van der Waals surface area contributed by atoms with E-state index in [0.717, 1.165) is 11.3 Å². The fraction of sp³-hybridized carbons (Fsp3) is 0.462. The van der Waals surface area contributed by atoms with Gasteiger partial charge in [-0.3, -0.25) is 4.79 Å². The Morgan fingerprint density at radius 2 is 1.94 bits per heavy atom. The van der Waals surface area contributed by atoms with Gasteiger partial charge in [-0.2, -0.15) is 0 Å². The van der Waals surface area contributed by atoms with Gasteiger partial charge in [-0.25, -0.2) is 0 Å². The lowest BCUT2D eigenvalue weighted by Gasteiger charge is -2.21. The number of aliphatic hydroxyl groups is 1. The molecular weight excluding hydrogens is 216 g/mol. The minimum atomic E-state index is -0.566. The first-order valence-corrected chi connectivity index (χ1v) is 5.71. The standard InChI is InChI=1S/C13H20N2O2/c1-13(2,9-14)12(17)15-11-5-3-10(4-6-11)7-8-16/h3-6,16H,7-9,14H2,1-2H3,(H,15,17). The number of nitrogens with two attached hydrogens (primary N) is 1. The second kappa shape index (κ2) is 5.80. The van der Waals surface area contributed by atoms with E-state index in [-0.39, 0.29) is 12.5 Å². The molecule has 0 radical (unpaired) electrons. The first-order valence-electron chi connectivity index (χ1n) is 5.71. The second-order valence-corrected chi connectivity index (χ2v) is 4.71. The Labute approximate surface area is 102 Å². The Kier molecular flexibility index (Phi) is 4.66. The molecule has 4 N–H and O–H groups in total. The summed E-state index contributed by atoms with van der Waals surface area (Å²) in [5.74, 6) is -0.0880. The van der Waals surface area contributed by atoms with Crippen LogP contribution < -0.4 is 11.1 Å². The molecule has 17 heavy (non-hydrogen) atoms. The van der Waals surface area contributed by atoms with Crippen LogP contribution in [0.5, 0.6) is 0 Å². The van der Waals surface area contributed by atoms with Crippen LogP contribution in [0.2, 0.25) is 0 Å². The van der Waals surface area contributed by atoms with E-state index in [1.807, 2.05) is 38.1 Å². The number of amides is 1. The highest BCUT2D eigenvalue weighted by Gasteiger charge is 2.25. The van der Waals surface area contributed by atoms with Gasteiger partial charge in [0.05, 0.1) is 5.41 Å². The van der Waals surface area contributed by atoms with Gasteiger partial charge in [-0.05, 0) is 38.0 Å². The van der Waals surface area contributed by atoms with Crippen molar-refractivity contribution in [1.29, 1.82) is 0 Å². The Hall–Kier alpha value is -1.39. The molecule has 4 nitrogen and oxygen atoms in total. The molecular formula is C13H20N2O2. The topological polar surface area (TPSA) is 75.4 Å². The average Bonchev–Trinajstić information content (AvgIpc) is 2.32. The molecule has 0 spiro atoms. The van der Waals surface area contributed by atoms with E-state index in [4.69, 9.17) is 10.8 Å². The molecule has 1 rings (SSSR count). The molecule has 0 bridgehead atoms. The van der Waals surface area contributed by atoms with Crippen molar-refractivity contribution < 1.29 is 9.90 Å². The summed E-state index contributed by atoms with van der Waals surface area (Å²) < 4.78 is 0. The smallest absolute Gasteiger partial charge is 0.231 e. The van der Waals surface area contributed by atoms with Crippen LogP contribution in [0.15, 0.2) is 24.3 Å². The average molecular weight is 236 g/mol. The van der Waals surface area contributed by atoms with E-state index in [1.54, 1.807) is 0 Å². The third kappa shape index (κ3) is 3.84. The maximum Gasteiger partial charge on any atom is 0.231 e. The van der Waals surface area contributed by atoms with Gasteiger partial charge in [0.2, 0.25) is 5.91 Å². The Balaban J connectivity index is 2.66. The molecule has 1 aromatic carbocycles. The molecule has 0 unspecified atom stereocenters. The molecule has 0 aliphatic rings. The van der Waals surface area contributed by atoms with Gasteiger partial charge in [-0.1, -0.05) is 12.1 Å². The predicted molar refractivity (Wildman–Crippen MR) is 68.7 cm³/mol. The van der Waals surface area contributed by atoms with Crippen LogP contribution >= 0.6 is 0 Å². The SMILES string of the molecule is CC(C)(CN)C(=O)Nc1ccc(CCO)cc1. The third-order valence-corrected chi connectivity index (χ3v) is 2.74. The zero-order chi connectivity index (χ0) is 12.9. The lowest BCUT2D eigenvalue weighted by Crippen LogP contribution is -2.37. The molecule has 0 atom stereocenters. The van der Waals surface area contributed by atoms with Crippen molar-refractivity contribution in [3.05, 3.63) is 29.8 Å². The molecule has 1 aromatic rings. The number of hydrogen-bond acceptors (Lipinski definition) is 3. The minimum absolute atomic E-state index is 0.0880. The number of anilines is 1. The lowest BCUT2D eigenvalue weighted by atomic mass is 9.92. The zero-order valence-corrected chi connectivity index (χ0v) is 10.4. The van der Waals surface area contributed by atoms with E-state index in [9.17, 15) is 4.79 Å². The van der Waals surface area contributed by atoms with E-state index < -0.39 is 5.41 Å². The fourth-order valence-electron chi connectivity index (χ4n) is 1.28. The number of rotatable bonds is 5. The van der Waals surface area contributed by atoms with Crippen LogP contribution in [0.3, 0.4) is 0 Å². The second-order valence-electron chi connectivity index (χ2n) is 4.71. The highest BCUT2D eigenvalue weighted by Crippen LogP contribution is 2.17. The Morgan fingerprint density at radius 3 is 2.41 bits per heavy atom. The number of benzene rings is 1. The van der Waals surface area contributed by atoms with E-state index in [0.29, 0.717) is 13.0 Å². The van der Waals surface area contributed by atoms with Crippen LogP contribution in [0.25, 0.3) is 0 Å². The predicted octanol–water partition coefficient (Wildman–Crippen LogP) is 1.14. The molecule has 0 aliphatic heterocycles. The van der Waals surface area contributed by atoms with Gasteiger partial charge < -0.3 is 16.2 Å². The van der Waals surface area contributed by atoms with Crippen molar-refractivity contribution in [1.82, 2.24) is 0 Å². The molecule has 4 heteroatoms. The minimum Gasteiger partial charge on any atom is -0.396 e. The summed E-state index contributed by atoms with van der Waals surface area (Å²) in [7, 11) is 0. The summed E-state index contributed by atoms with van der Waals surface area (Å²) in [6, 6.07) is 7.44. The number of carbonyl (C=O) groups is 1. The van der Waals surface area contributed by atoms with E-state index in [1.165, 1.54) is 0 Å². The summed E-state index contributed by atoms with van der Waals surface area (Å²) in [6.45, 7) is 4.05. The summed E-state index contributed by atoms with van der Waals surface area (Å²) in [4.78, 5) is 11.8. The molecule has 0 heterocycles. The number of hydrogen-bond donors (Lipinski definition) is 3. The highest BCUT2D eigenvalue weighted by molar-refractivity contribution is 5.94. The van der Waals surface area contributed by atoms with E-state index >= 15 is 0 Å². The van der Waals surface area contributed by atoms with Crippen LogP contribution in [-0.2, 0) is 11.2 Å². The molecule has 0 fully saturated rings. The highest BCUT2D eigenvalue weighted by atomic mass is 16.2. The third-order valence-electron chi connectivity index (χ3n) is 2.74. The van der Waals surface area contributed by atoms with Gasteiger partial charge in [0.25, 0.3) is 0 Å². The first kappa shape index (κ1) is 13.7. The summed E-state index contributed by atoms with van der Waals surface area (Å²) in [5.41, 5.74) is 6.76. The fourth-order valence-corrected chi connectivity index (χ4v) is 1.28. The van der Waals surface area contributed by atoms with Gasteiger partial charge in [-0.15, -0.1) is 0 Å². The molecule has 94 valence electrons. The molecule has 0 aromatic heterocycles. The van der Waals surface area contributed by atoms with Crippen LogP contribution in [0.1, 0.15) is 19.4 Å². The molecule has 0 aliphatic carbocycles. The number of nitrogens with one attached hydrogen (secondary N) is 1. The van der Waals surface area contributed by atoms with Crippen LogP contribution in [-0.4, -0.2) is 24.2 Å². The van der Waals surface area contributed by atoms with Gasteiger partial charge in [0.1, 0.15) is 0 Å². The summed E-state index contributed by atoms with van der Waals surface area (Å²) >= 11 is 0. The van der Waals surface area contributed by atoms with Crippen molar-refractivity contribution in [3.63, 3.8) is 0 Å². The van der Waals surface area contributed by atoms with Crippen LogP contribution in [0, 0.1) is 5.41 Å². The molecule has 0 saturated carbocycles. The number of aliphatic hydroxyl groups excluding tert-OH is 1. The van der Waals surface area contributed by atoms with E-state index in [2.05, 4.69) is 5.32 Å². The Morgan fingerprint density at radius 1 is 1.35 bits per heavy atom. The maximum absolute atomic E-state index is 11.8.